The first-order valence-electron chi connectivity index (χ1n) is 4.21. The Morgan fingerprint density at radius 2 is 2.38 bits per heavy atom. The molecule has 3 heteroatoms. The molecule has 0 saturated heterocycles. The predicted octanol–water partition coefficient (Wildman–Crippen LogP) is 1.93. The van der Waals surface area contributed by atoms with Gasteiger partial charge in [-0.05, 0) is 19.1 Å². The first-order valence-corrected chi connectivity index (χ1v) is 4.21. The van der Waals surface area contributed by atoms with Crippen molar-refractivity contribution in [3.8, 4) is 6.07 Å². The Labute approximate surface area is 76.2 Å². The second-order valence-electron chi connectivity index (χ2n) is 2.83. The average molecular weight is 171 g/mol. The lowest BCUT2D eigenvalue weighted by atomic mass is 10.1. The van der Waals surface area contributed by atoms with E-state index in [0.29, 0.717) is 5.56 Å². The summed E-state index contributed by atoms with van der Waals surface area (Å²) in [6.07, 6.45) is 1.91. The Balaban J connectivity index is 2.76. The van der Waals surface area contributed by atoms with E-state index in [2.05, 4.69) is 11.2 Å². The number of fused-ring (bicyclic) bond motifs is 1. The van der Waals surface area contributed by atoms with Crippen LogP contribution in [0.25, 0.3) is 10.9 Å². The summed E-state index contributed by atoms with van der Waals surface area (Å²) in [5, 5.41) is 14.1. The molecule has 0 saturated carbocycles. The molecular weight excluding hydrogens is 162 g/mol. The van der Waals surface area contributed by atoms with Crippen LogP contribution in [0.15, 0.2) is 24.4 Å². The number of benzene rings is 1. The topological polar surface area (TPSA) is 41.6 Å². The molecule has 0 aliphatic heterocycles. The Kier molecular flexibility index (Phi) is 1.75. The fraction of sp³-hybridized carbons (Fsp3) is 0.200. The molecule has 0 atom stereocenters. The number of aryl methyl sites for hydroxylation is 1. The van der Waals surface area contributed by atoms with Crippen LogP contribution in [-0.4, -0.2) is 9.78 Å². The van der Waals surface area contributed by atoms with Crippen molar-refractivity contribution < 1.29 is 0 Å². The molecule has 0 unspecified atom stereocenters. The third-order valence-corrected chi connectivity index (χ3v) is 2.04. The molecule has 0 N–H and O–H groups in total. The van der Waals surface area contributed by atoms with Gasteiger partial charge in [-0.1, -0.05) is 6.07 Å². The summed E-state index contributed by atoms with van der Waals surface area (Å²) in [6, 6.07) is 7.74. The van der Waals surface area contributed by atoms with E-state index >= 15 is 0 Å². The van der Waals surface area contributed by atoms with Crippen LogP contribution in [-0.2, 0) is 6.54 Å². The van der Waals surface area contributed by atoms with Crippen molar-refractivity contribution in [1.82, 2.24) is 9.78 Å². The maximum atomic E-state index is 8.83. The van der Waals surface area contributed by atoms with Gasteiger partial charge in [0.2, 0.25) is 0 Å². The zero-order valence-electron chi connectivity index (χ0n) is 7.36. The summed E-state index contributed by atoms with van der Waals surface area (Å²) in [7, 11) is 0. The van der Waals surface area contributed by atoms with Gasteiger partial charge < -0.3 is 0 Å². The first kappa shape index (κ1) is 7.81. The normalized spacial score (nSPS) is 10.2. The van der Waals surface area contributed by atoms with Crippen molar-refractivity contribution >= 4 is 10.9 Å². The number of hydrogen-bond donors (Lipinski definition) is 0. The Hall–Kier alpha value is -1.82. The summed E-state index contributed by atoms with van der Waals surface area (Å²) in [6.45, 7) is 2.86. The van der Waals surface area contributed by atoms with E-state index in [1.54, 1.807) is 0 Å². The molecule has 0 radical (unpaired) electrons. The predicted molar refractivity (Wildman–Crippen MR) is 50.1 cm³/mol. The van der Waals surface area contributed by atoms with Gasteiger partial charge in [0, 0.05) is 18.1 Å². The molecule has 0 aliphatic rings. The number of nitrogens with zero attached hydrogens (tertiary/aromatic N) is 3. The highest BCUT2D eigenvalue weighted by Gasteiger charge is 2.03. The van der Waals surface area contributed by atoms with Gasteiger partial charge in [-0.15, -0.1) is 0 Å². The molecule has 0 bridgehead atoms. The molecule has 0 amide bonds. The van der Waals surface area contributed by atoms with Crippen LogP contribution in [0.3, 0.4) is 0 Å². The van der Waals surface area contributed by atoms with E-state index in [0.717, 1.165) is 17.4 Å². The molecule has 0 fully saturated rings. The van der Waals surface area contributed by atoms with Crippen molar-refractivity contribution in [3.63, 3.8) is 0 Å². The molecule has 1 heterocycles. The largest absolute Gasteiger partial charge is 0.272 e. The zero-order chi connectivity index (χ0) is 9.26. The number of nitriles is 1. The molecule has 1 aromatic heterocycles. The smallest absolute Gasteiger partial charge is 0.0999 e. The van der Waals surface area contributed by atoms with Crippen LogP contribution in [0, 0.1) is 11.3 Å². The van der Waals surface area contributed by atoms with Gasteiger partial charge >= 0.3 is 0 Å². The van der Waals surface area contributed by atoms with Gasteiger partial charge in [0.25, 0.3) is 0 Å². The van der Waals surface area contributed by atoms with E-state index in [4.69, 9.17) is 5.26 Å². The van der Waals surface area contributed by atoms with Gasteiger partial charge in [0.1, 0.15) is 0 Å². The first-order chi connectivity index (χ1) is 6.35. The fourth-order valence-corrected chi connectivity index (χ4v) is 1.35. The second kappa shape index (κ2) is 2.91. The van der Waals surface area contributed by atoms with Crippen LogP contribution in [0.4, 0.5) is 0 Å². The molecule has 13 heavy (non-hydrogen) atoms. The highest BCUT2D eigenvalue weighted by atomic mass is 15.3. The third-order valence-electron chi connectivity index (χ3n) is 2.04. The lowest BCUT2D eigenvalue weighted by Crippen LogP contribution is -1.92. The van der Waals surface area contributed by atoms with Crippen molar-refractivity contribution in [2.75, 3.05) is 0 Å². The van der Waals surface area contributed by atoms with E-state index in [1.807, 2.05) is 36.0 Å². The van der Waals surface area contributed by atoms with E-state index in [1.165, 1.54) is 0 Å². The molecule has 2 aromatic rings. The van der Waals surface area contributed by atoms with Gasteiger partial charge in [-0.3, -0.25) is 4.68 Å². The summed E-state index contributed by atoms with van der Waals surface area (Å²) in [5.74, 6) is 0. The van der Waals surface area contributed by atoms with Gasteiger partial charge in [-0.2, -0.15) is 10.4 Å². The highest BCUT2D eigenvalue weighted by Crippen LogP contribution is 2.16. The van der Waals surface area contributed by atoms with Crippen LogP contribution in [0.5, 0.6) is 0 Å². The minimum atomic E-state index is 0.692. The molecule has 3 nitrogen and oxygen atoms in total. The SMILES string of the molecule is CCn1cc2c(C#N)cccc2n1. The Morgan fingerprint density at radius 3 is 3.08 bits per heavy atom. The molecule has 64 valence electrons. The van der Waals surface area contributed by atoms with Gasteiger partial charge in [0.05, 0.1) is 17.1 Å². The lowest BCUT2D eigenvalue weighted by molar-refractivity contribution is 0.668. The summed E-state index contributed by atoms with van der Waals surface area (Å²) >= 11 is 0. The van der Waals surface area contributed by atoms with Crippen LogP contribution in [0.2, 0.25) is 0 Å². The monoisotopic (exact) mass is 171 g/mol. The summed E-state index contributed by atoms with van der Waals surface area (Å²) in [5.41, 5.74) is 1.58. The summed E-state index contributed by atoms with van der Waals surface area (Å²) in [4.78, 5) is 0. The number of rotatable bonds is 1. The quantitative estimate of drug-likeness (QED) is 0.657. The van der Waals surface area contributed by atoms with Crippen molar-refractivity contribution in [2.45, 2.75) is 13.5 Å². The lowest BCUT2D eigenvalue weighted by Gasteiger charge is -1.88. The van der Waals surface area contributed by atoms with E-state index < -0.39 is 0 Å². The second-order valence-corrected chi connectivity index (χ2v) is 2.83. The molecule has 0 aliphatic carbocycles. The van der Waals surface area contributed by atoms with Crippen molar-refractivity contribution in [3.05, 3.63) is 30.0 Å². The maximum Gasteiger partial charge on any atom is 0.0999 e. The molecule has 0 spiro atoms. The van der Waals surface area contributed by atoms with Crippen LogP contribution >= 0.6 is 0 Å². The highest BCUT2D eigenvalue weighted by molar-refractivity contribution is 5.84. The van der Waals surface area contributed by atoms with E-state index in [-0.39, 0.29) is 0 Å². The molecule has 1 aromatic carbocycles. The van der Waals surface area contributed by atoms with E-state index in [9.17, 15) is 0 Å². The van der Waals surface area contributed by atoms with Gasteiger partial charge in [-0.25, -0.2) is 0 Å². The average Bonchev–Trinajstić information content (AvgIpc) is 2.59. The minimum absolute atomic E-state index is 0.692. The van der Waals surface area contributed by atoms with Gasteiger partial charge in [0.15, 0.2) is 0 Å². The zero-order valence-corrected chi connectivity index (χ0v) is 7.36. The molecule has 2 rings (SSSR count). The number of aromatic nitrogens is 2. The van der Waals surface area contributed by atoms with Crippen molar-refractivity contribution in [1.29, 1.82) is 5.26 Å². The Morgan fingerprint density at radius 1 is 1.54 bits per heavy atom. The molecular formula is C10H9N3. The fourth-order valence-electron chi connectivity index (χ4n) is 1.35. The maximum absolute atomic E-state index is 8.83. The summed E-state index contributed by atoms with van der Waals surface area (Å²) < 4.78 is 1.84. The third kappa shape index (κ3) is 1.17. The van der Waals surface area contributed by atoms with Crippen LogP contribution < -0.4 is 0 Å². The standard InChI is InChI=1S/C10H9N3/c1-2-13-7-9-8(6-11)4-3-5-10(9)12-13/h3-5,7H,2H2,1H3. The van der Waals surface area contributed by atoms with Crippen molar-refractivity contribution in [2.24, 2.45) is 0 Å². The van der Waals surface area contributed by atoms with Crippen LogP contribution in [0.1, 0.15) is 12.5 Å². The number of hydrogen-bond acceptors (Lipinski definition) is 2. The Bertz CT molecular complexity index is 476. The minimum Gasteiger partial charge on any atom is -0.272 e.